The van der Waals surface area contributed by atoms with Crippen molar-refractivity contribution < 1.29 is 0 Å². The van der Waals surface area contributed by atoms with Crippen molar-refractivity contribution in [2.75, 3.05) is 31.1 Å². The molecule has 0 radical (unpaired) electrons. The summed E-state index contributed by atoms with van der Waals surface area (Å²) in [5.74, 6) is 1.09. The predicted octanol–water partition coefficient (Wildman–Crippen LogP) is 3.22. The van der Waals surface area contributed by atoms with Gasteiger partial charge in [0.15, 0.2) is 0 Å². The Kier molecular flexibility index (Phi) is 4.26. The molecule has 0 aliphatic carbocycles. The van der Waals surface area contributed by atoms with Crippen LogP contribution in [-0.4, -0.2) is 50.4 Å². The van der Waals surface area contributed by atoms with E-state index in [4.69, 9.17) is 4.98 Å². The van der Waals surface area contributed by atoms with Gasteiger partial charge in [0.05, 0.1) is 11.1 Å². The minimum Gasteiger partial charge on any atom is -0.353 e. The molecule has 0 N–H and O–H groups in total. The predicted molar refractivity (Wildman–Crippen MR) is 109 cm³/mol. The maximum atomic E-state index is 4.73. The van der Waals surface area contributed by atoms with Crippen LogP contribution in [0.3, 0.4) is 0 Å². The SMILES string of the molecule is CCc1cc2c(N3CCN(Cc4cn5ccccc5n4)CC3)ncnc2s1. The van der Waals surface area contributed by atoms with E-state index in [1.165, 1.54) is 10.3 Å². The molecule has 4 aromatic heterocycles. The Balaban J connectivity index is 1.29. The van der Waals surface area contributed by atoms with Gasteiger partial charge in [0, 0.05) is 50.0 Å². The zero-order chi connectivity index (χ0) is 18.2. The van der Waals surface area contributed by atoms with Gasteiger partial charge < -0.3 is 9.30 Å². The molecule has 0 bridgehead atoms. The van der Waals surface area contributed by atoms with Crippen molar-refractivity contribution >= 4 is 33.0 Å². The van der Waals surface area contributed by atoms with Gasteiger partial charge in [-0.05, 0) is 24.6 Å². The molecule has 1 fully saturated rings. The van der Waals surface area contributed by atoms with Crippen LogP contribution in [0, 0.1) is 0 Å². The van der Waals surface area contributed by atoms with Crippen molar-refractivity contribution in [2.24, 2.45) is 0 Å². The number of pyridine rings is 1. The van der Waals surface area contributed by atoms with Crippen LogP contribution < -0.4 is 4.90 Å². The second kappa shape index (κ2) is 6.90. The molecule has 1 saturated heterocycles. The molecule has 138 valence electrons. The monoisotopic (exact) mass is 378 g/mol. The highest BCUT2D eigenvalue weighted by Gasteiger charge is 2.21. The number of anilines is 1. The fourth-order valence-corrected chi connectivity index (χ4v) is 4.66. The van der Waals surface area contributed by atoms with Gasteiger partial charge in [-0.25, -0.2) is 15.0 Å². The van der Waals surface area contributed by atoms with Gasteiger partial charge >= 0.3 is 0 Å². The minimum absolute atomic E-state index is 0.896. The number of hydrogen-bond acceptors (Lipinski definition) is 6. The number of rotatable bonds is 4. The highest BCUT2D eigenvalue weighted by molar-refractivity contribution is 7.18. The molecular formula is C20H22N6S. The Morgan fingerprint density at radius 3 is 2.81 bits per heavy atom. The maximum Gasteiger partial charge on any atom is 0.140 e. The first-order valence-corrected chi connectivity index (χ1v) is 10.2. The van der Waals surface area contributed by atoms with E-state index >= 15 is 0 Å². The smallest absolute Gasteiger partial charge is 0.140 e. The fraction of sp³-hybridized carbons (Fsp3) is 0.350. The van der Waals surface area contributed by atoms with Gasteiger partial charge in [0.25, 0.3) is 0 Å². The van der Waals surface area contributed by atoms with Gasteiger partial charge in [-0.2, -0.15) is 0 Å². The molecule has 5 rings (SSSR count). The van der Waals surface area contributed by atoms with E-state index in [-0.39, 0.29) is 0 Å². The molecule has 27 heavy (non-hydrogen) atoms. The van der Waals surface area contributed by atoms with Crippen LogP contribution in [0.15, 0.2) is 43.0 Å². The molecule has 1 aliphatic heterocycles. The molecule has 0 aromatic carbocycles. The van der Waals surface area contributed by atoms with E-state index in [1.807, 2.05) is 18.2 Å². The minimum atomic E-state index is 0.896. The molecule has 4 aromatic rings. The molecule has 6 nitrogen and oxygen atoms in total. The number of imidazole rings is 1. The van der Waals surface area contributed by atoms with Crippen molar-refractivity contribution in [3.63, 3.8) is 0 Å². The standard InChI is InChI=1S/C20H22N6S/c1-2-16-11-17-19(21-14-22-20(17)27-16)25-9-7-24(8-10-25)12-15-13-26-6-4-3-5-18(26)23-15/h3-6,11,13-14H,2,7-10,12H2,1H3. The molecule has 0 amide bonds. The summed E-state index contributed by atoms with van der Waals surface area (Å²) in [4.78, 5) is 21.1. The van der Waals surface area contributed by atoms with E-state index in [1.54, 1.807) is 17.7 Å². The molecule has 0 spiro atoms. The van der Waals surface area contributed by atoms with E-state index in [2.05, 4.69) is 49.6 Å². The summed E-state index contributed by atoms with van der Waals surface area (Å²) >= 11 is 1.78. The number of nitrogens with zero attached hydrogens (tertiary/aromatic N) is 6. The number of hydrogen-bond donors (Lipinski definition) is 0. The van der Waals surface area contributed by atoms with Gasteiger partial charge in [0.2, 0.25) is 0 Å². The van der Waals surface area contributed by atoms with Crippen molar-refractivity contribution in [2.45, 2.75) is 19.9 Å². The Hall–Kier alpha value is -2.51. The van der Waals surface area contributed by atoms with Crippen LogP contribution in [-0.2, 0) is 13.0 Å². The third-order valence-electron chi connectivity index (χ3n) is 5.18. The van der Waals surface area contributed by atoms with Crippen LogP contribution in [0.2, 0.25) is 0 Å². The molecule has 0 unspecified atom stereocenters. The molecule has 0 atom stereocenters. The van der Waals surface area contributed by atoms with Gasteiger partial charge in [-0.1, -0.05) is 13.0 Å². The largest absolute Gasteiger partial charge is 0.353 e. The van der Waals surface area contributed by atoms with Crippen molar-refractivity contribution in [3.05, 3.63) is 53.6 Å². The van der Waals surface area contributed by atoms with Crippen molar-refractivity contribution in [3.8, 4) is 0 Å². The Labute approximate surface area is 162 Å². The summed E-state index contributed by atoms with van der Waals surface area (Å²) in [6.45, 7) is 7.09. The van der Waals surface area contributed by atoms with Crippen LogP contribution in [0.25, 0.3) is 15.9 Å². The lowest BCUT2D eigenvalue weighted by molar-refractivity contribution is 0.247. The highest BCUT2D eigenvalue weighted by Crippen LogP contribution is 2.31. The Bertz CT molecular complexity index is 1040. The average molecular weight is 379 g/mol. The summed E-state index contributed by atoms with van der Waals surface area (Å²) < 4.78 is 2.09. The fourth-order valence-electron chi connectivity index (χ4n) is 3.73. The summed E-state index contributed by atoms with van der Waals surface area (Å²) in [5, 5.41) is 1.20. The second-order valence-corrected chi connectivity index (χ2v) is 8.06. The number of aryl methyl sites for hydroxylation is 1. The zero-order valence-corrected chi connectivity index (χ0v) is 16.2. The molecule has 0 saturated carbocycles. The van der Waals surface area contributed by atoms with Crippen LogP contribution in [0.1, 0.15) is 17.5 Å². The first-order valence-electron chi connectivity index (χ1n) is 9.43. The number of aromatic nitrogens is 4. The Morgan fingerprint density at radius 1 is 1.11 bits per heavy atom. The lowest BCUT2D eigenvalue weighted by Gasteiger charge is -2.35. The van der Waals surface area contributed by atoms with E-state index in [9.17, 15) is 0 Å². The van der Waals surface area contributed by atoms with Gasteiger partial charge in [0.1, 0.15) is 22.6 Å². The topological polar surface area (TPSA) is 49.6 Å². The second-order valence-electron chi connectivity index (χ2n) is 6.94. The average Bonchev–Trinajstić information content (AvgIpc) is 3.31. The molecule has 1 aliphatic rings. The van der Waals surface area contributed by atoms with E-state index < -0.39 is 0 Å². The maximum absolute atomic E-state index is 4.73. The van der Waals surface area contributed by atoms with Crippen LogP contribution in [0.4, 0.5) is 5.82 Å². The normalized spacial score (nSPS) is 15.8. The number of fused-ring (bicyclic) bond motifs is 2. The zero-order valence-electron chi connectivity index (χ0n) is 15.4. The molecule has 5 heterocycles. The highest BCUT2D eigenvalue weighted by atomic mass is 32.1. The van der Waals surface area contributed by atoms with Crippen molar-refractivity contribution in [1.82, 2.24) is 24.3 Å². The van der Waals surface area contributed by atoms with Crippen molar-refractivity contribution in [1.29, 1.82) is 0 Å². The van der Waals surface area contributed by atoms with E-state index in [0.717, 1.165) is 61.1 Å². The summed E-state index contributed by atoms with van der Waals surface area (Å²) in [5.41, 5.74) is 2.14. The quantitative estimate of drug-likeness (QED) is 0.546. The summed E-state index contributed by atoms with van der Waals surface area (Å²) in [7, 11) is 0. The molecule has 7 heteroatoms. The first-order chi connectivity index (χ1) is 13.3. The Morgan fingerprint density at radius 2 is 2.00 bits per heavy atom. The summed E-state index contributed by atoms with van der Waals surface area (Å²) in [6, 6.07) is 8.38. The first kappa shape index (κ1) is 16.6. The van der Waals surface area contributed by atoms with Gasteiger partial charge in [-0.15, -0.1) is 11.3 Å². The molecular weight excluding hydrogens is 356 g/mol. The number of thiophene rings is 1. The van der Waals surface area contributed by atoms with Crippen LogP contribution in [0.5, 0.6) is 0 Å². The lowest BCUT2D eigenvalue weighted by atomic mass is 10.2. The third-order valence-corrected chi connectivity index (χ3v) is 6.37. The third kappa shape index (κ3) is 3.17. The van der Waals surface area contributed by atoms with Gasteiger partial charge in [-0.3, -0.25) is 4.90 Å². The number of piperazine rings is 1. The van der Waals surface area contributed by atoms with Crippen LogP contribution >= 0.6 is 11.3 Å². The van der Waals surface area contributed by atoms with E-state index in [0.29, 0.717) is 0 Å². The lowest BCUT2D eigenvalue weighted by Crippen LogP contribution is -2.46. The summed E-state index contributed by atoms with van der Waals surface area (Å²) in [6.07, 6.45) is 6.94.